The Labute approximate surface area is 91.6 Å². The van der Waals surface area contributed by atoms with Crippen LogP contribution >= 0.6 is 11.5 Å². The zero-order valence-electron chi connectivity index (χ0n) is 8.49. The zero-order chi connectivity index (χ0) is 10.7. The molecule has 1 aromatic rings. The second kappa shape index (κ2) is 4.19. The largest absolute Gasteiger partial charge is 0.304 e. The molecule has 1 atom stereocenters. The van der Waals surface area contributed by atoms with Crippen molar-refractivity contribution in [1.82, 2.24) is 20.1 Å². The minimum Gasteiger partial charge on any atom is -0.304 e. The summed E-state index contributed by atoms with van der Waals surface area (Å²) in [5.74, 6) is -0.0549. The molecule has 1 aliphatic rings. The van der Waals surface area contributed by atoms with E-state index >= 15 is 0 Å². The van der Waals surface area contributed by atoms with Crippen molar-refractivity contribution in [3.63, 3.8) is 0 Å². The van der Waals surface area contributed by atoms with Gasteiger partial charge in [-0.05, 0) is 37.9 Å². The molecule has 15 heavy (non-hydrogen) atoms. The van der Waals surface area contributed by atoms with Crippen molar-refractivity contribution in [2.45, 2.75) is 31.7 Å². The van der Waals surface area contributed by atoms with Crippen LogP contribution in [0, 0.1) is 0 Å². The molecule has 1 fully saturated rings. The summed E-state index contributed by atoms with van der Waals surface area (Å²) in [4.78, 5) is 11.9. The second-order valence-corrected chi connectivity index (χ2v) is 4.57. The van der Waals surface area contributed by atoms with Gasteiger partial charge >= 0.3 is 0 Å². The quantitative estimate of drug-likeness (QED) is 0.764. The minimum atomic E-state index is -0.482. The van der Waals surface area contributed by atoms with Gasteiger partial charge in [0.1, 0.15) is 0 Å². The van der Waals surface area contributed by atoms with Crippen LogP contribution < -0.4 is 10.6 Å². The van der Waals surface area contributed by atoms with Crippen molar-refractivity contribution in [3.8, 4) is 0 Å². The average molecular weight is 227 g/mol. The molecule has 0 aromatic carbocycles. The van der Waals surface area contributed by atoms with Gasteiger partial charge in [-0.1, -0.05) is 9.59 Å². The molecule has 1 amide bonds. The number of piperidine rings is 1. The van der Waals surface area contributed by atoms with Gasteiger partial charge in [-0.3, -0.25) is 10.1 Å². The first-order chi connectivity index (χ1) is 7.21. The standard InChI is InChI=1S/C8H13N5OS/c1-8(4-2-3-5-9-8)6(14)10-7-11-12-13-15-7/h9H,2-5H2,1H3,(H,10,11,13,14). The molecule has 1 saturated heterocycles. The molecule has 0 spiro atoms. The van der Waals surface area contributed by atoms with Gasteiger partial charge in [-0.25, -0.2) is 0 Å². The Morgan fingerprint density at radius 3 is 3.07 bits per heavy atom. The van der Waals surface area contributed by atoms with Crippen LogP contribution in [0.25, 0.3) is 0 Å². The van der Waals surface area contributed by atoms with Gasteiger partial charge in [-0.15, -0.1) is 0 Å². The number of amides is 1. The first kappa shape index (κ1) is 10.4. The van der Waals surface area contributed by atoms with E-state index in [4.69, 9.17) is 0 Å². The maximum absolute atomic E-state index is 11.9. The predicted molar refractivity (Wildman–Crippen MR) is 56.6 cm³/mol. The lowest BCUT2D eigenvalue weighted by molar-refractivity contribution is -0.122. The molecule has 1 unspecified atom stereocenters. The van der Waals surface area contributed by atoms with Crippen molar-refractivity contribution in [1.29, 1.82) is 0 Å². The summed E-state index contributed by atoms with van der Waals surface area (Å²) in [6.45, 7) is 2.80. The van der Waals surface area contributed by atoms with E-state index in [0.29, 0.717) is 5.13 Å². The average Bonchev–Trinajstić information content (AvgIpc) is 2.71. The number of nitrogens with one attached hydrogen (secondary N) is 2. The molecule has 1 aromatic heterocycles. The summed E-state index contributed by atoms with van der Waals surface area (Å²) in [5, 5.41) is 13.5. The molecule has 0 saturated carbocycles. The number of hydrogen-bond acceptors (Lipinski definition) is 6. The van der Waals surface area contributed by atoms with Crippen molar-refractivity contribution in [2.24, 2.45) is 0 Å². The molecule has 6 nitrogen and oxygen atoms in total. The van der Waals surface area contributed by atoms with Gasteiger partial charge in [0, 0.05) is 11.5 Å². The highest BCUT2D eigenvalue weighted by Crippen LogP contribution is 2.20. The Morgan fingerprint density at radius 1 is 1.60 bits per heavy atom. The number of rotatable bonds is 2. The molecule has 2 N–H and O–H groups in total. The van der Waals surface area contributed by atoms with E-state index in [1.165, 1.54) is 0 Å². The third-order valence-electron chi connectivity index (χ3n) is 2.64. The van der Waals surface area contributed by atoms with Gasteiger partial charge in [-0.2, -0.15) is 0 Å². The topological polar surface area (TPSA) is 79.8 Å². The van der Waals surface area contributed by atoms with Gasteiger partial charge in [0.15, 0.2) is 0 Å². The van der Waals surface area contributed by atoms with E-state index in [9.17, 15) is 4.79 Å². The molecule has 1 aliphatic heterocycles. The summed E-state index contributed by atoms with van der Waals surface area (Å²) in [6.07, 6.45) is 3.06. The summed E-state index contributed by atoms with van der Waals surface area (Å²) in [5.41, 5.74) is -0.482. The van der Waals surface area contributed by atoms with Crippen LogP contribution in [0.3, 0.4) is 0 Å². The number of carbonyl (C=O) groups excluding carboxylic acids is 1. The third-order valence-corrected chi connectivity index (χ3v) is 3.15. The number of anilines is 1. The number of carbonyl (C=O) groups is 1. The highest BCUT2D eigenvalue weighted by molar-refractivity contribution is 7.09. The lowest BCUT2D eigenvalue weighted by Crippen LogP contribution is -2.54. The van der Waals surface area contributed by atoms with E-state index in [2.05, 4.69) is 25.4 Å². The Morgan fingerprint density at radius 2 is 2.47 bits per heavy atom. The molecule has 82 valence electrons. The highest BCUT2D eigenvalue weighted by atomic mass is 32.1. The maximum atomic E-state index is 11.9. The van der Waals surface area contributed by atoms with Crippen LogP contribution in [-0.2, 0) is 4.79 Å². The van der Waals surface area contributed by atoms with Gasteiger partial charge in [0.05, 0.1) is 5.54 Å². The first-order valence-corrected chi connectivity index (χ1v) is 5.69. The van der Waals surface area contributed by atoms with Crippen LogP contribution in [0.5, 0.6) is 0 Å². The van der Waals surface area contributed by atoms with Gasteiger partial charge in [0.2, 0.25) is 11.0 Å². The third kappa shape index (κ3) is 2.29. The van der Waals surface area contributed by atoms with Crippen LogP contribution in [0.4, 0.5) is 5.13 Å². The normalized spacial score (nSPS) is 26.2. The minimum absolute atomic E-state index is 0.0549. The van der Waals surface area contributed by atoms with E-state index < -0.39 is 5.54 Å². The zero-order valence-corrected chi connectivity index (χ0v) is 9.30. The molecular weight excluding hydrogens is 214 g/mol. The van der Waals surface area contributed by atoms with E-state index in [-0.39, 0.29) is 5.91 Å². The van der Waals surface area contributed by atoms with Crippen molar-refractivity contribution >= 4 is 22.6 Å². The Hall–Kier alpha value is -1.08. The Kier molecular flexibility index (Phi) is 2.92. The monoisotopic (exact) mass is 227 g/mol. The molecule has 0 aliphatic carbocycles. The van der Waals surface area contributed by atoms with Crippen molar-refractivity contribution in [2.75, 3.05) is 11.9 Å². The SMILES string of the molecule is CC1(C(=O)Nc2nnns2)CCCCN1. The van der Waals surface area contributed by atoms with E-state index in [1.54, 1.807) is 0 Å². The summed E-state index contributed by atoms with van der Waals surface area (Å²) in [6, 6.07) is 0. The van der Waals surface area contributed by atoms with Crippen LogP contribution in [-0.4, -0.2) is 32.8 Å². The fourth-order valence-electron chi connectivity index (χ4n) is 1.67. The number of nitrogens with zero attached hydrogens (tertiary/aromatic N) is 3. The lowest BCUT2D eigenvalue weighted by atomic mass is 9.90. The van der Waals surface area contributed by atoms with Crippen LogP contribution in [0.15, 0.2) is 0 Å². The summed E-state index contributed by atoms with van der Waals surface area (Å²) in [7, 11) is 0. The molecule has 2 rings (SSSR count). The number of hydrogen-bond donors (Lipinski definition) is 2. The van der Waals surface area contributed by atoms with Crippen molar-refractivity contribution < 1.29 is 4.79 Å². The Balaban J connectivity index is 2.00. The fraction of sp³-hybridized carbons (Fsp3) is 0.750. The summed E-state index contributed by atoms with van der Waals surface area (Å²) < 4.78 is 3.59. The second-order valence-electron chi connectivity index (χ2n) is 3.84. The lowest BCUT2D eigenvalue weighted by Gasteiger charge is -2.32. The van der Waals surface area contributed by atoms with Gasteiger partial charge < -0.3 is 5.32 Å². The Bertz CT molecular complexity index is 333. The highest BCUT2D eigenvalue weighted by Gasteiger charge is 2.34. The predicted octanol–water partition coefficient (Wildman–Crippen LogP) is 0.404. The molecule has 7 heteroatoms. The first-order valence-electron chi connectivity index (χ1n) is 4.92. The fourth-order valence-corrected chi connectivity index (χ4v) is 2.03. The van der Waals surface area contributed by atoms with E-state index in [0.717, 1.165) is 37.3 Å². The molecular formula is C8H13N5OS. The molecule has 0 bridgehead atoms. The van der Waals surface area contributed by atoms with Crippen molar-refractivity contribution in [3.05, 3.63) is 0 Å². The molecule has 2 heterocycles. The summed E-state index contributed by atoms with van der Waals surface area (Å²) >= 11 is 1.08. The van der Waals surface area contributed by atoms with Crippen LogP contribution in [0.1, 0.15) is 26.2 Å². The van der Waals surface area contributed by atoms with Gasteiger partial charge in [0.25, 0.3) is 0 Å². The number of aromatic nitrogens is 3. The van der Waals surface area contributed by atoms with Crippen LogP contribution in [0.2, 0.25) is 0 Å². The van der Waals surface area contributed by atoms with E-state index in [1.807, 2.05) is 6.92 Å². The maximum Gasteiger partial charge on any atom is 0.246 e. The smallest absolute Gasteiger partial charge is 0.246 e. The molecule has 0 radical (unpaired) electrons.